The van der Waals surface area contributed by atoms with E-state index in [-0.39, 0.29) is 0 Å². The number of nitrogens with zero attached hydrogens (tertiary/aromatic N) is 1. The number of methoxy groups -OCH3 is 1. The zero-order chi connectivity index (χ0) is 15.7. The minimum atomic E-state index is 0.292. The van der Waals surface area contributed by atoms with E-state index in [9.17, 15) is 0 Å². The highest BCUT2D eigenvalue weighted by atomic mass is 16.7. The Labute approximate surface area is 137 Å². The molecule has 3 aliphatic heterocycles. The smallest absolute Gasteiger partial charge is 0.231 e. The van der Waals surface area contributed by atoms with E-state index in [1.165, 1.54) is 18.4 Å². The van der Waals surface area contributed by atoms with E-state index < -0.39 is 0 Å². The Balaban J connectivity index is 1.32. The third-order valence-corrected chi connectivity index (χ3v) is 5.40. The van der Waals surface area contributed by atoms with Gasteiger partial charge in [-0.25, -0.2) is 0 Å². The van der Waals surface area contributed by atoms with Crippen LogP contribution in [0.15, 0.2) is 18.2 Å². The molecule has 0 radical (unpaired) electrons. The molecule has 0 aromatic heterocycles. The summed E-state index contributed by atoms with van der Waals surface area (Å²) in [4.78, 5) is 2.53. The molecule has 0 N–H and O–H groups in total. The maximum atomic E-state index is 5.92. The van der Waals surface area contributed by atoms with Gasteiger partial charge in [0.15, 0.2) is 11.5 Å². The number of rotatable bonds is 4. The third-order valence-electron chi connectivity index (χ3n) is 5.40. The molecule has 0 aliphatic carbocycles. The van der Waals surface area contributed by atoms with Crippen LogP contribution in [0.5, 0.6) is 11.5 Å². The van der Waals surface area contributed by atoms with Crippen LogP contribution in [-0.4, -0.2) is 51.2 Å². The Kier molecular flexibility index (Phi) is 4.18. The van der Waals surface area contributed by atoms with E-state index in [4.69, 9.17) is 18.9 Å². The molecule has 0 saturated carbocycles. The molecule has 5 heteroatoms. The first kappa shape index (κ1) is 15.2. The molecule has 1 atom stereocenters. The van der Waals surface area contributed by atoms with Gasteiger partial charge in [-0.2, -0.15) is 0 Å². The van der Waals surface area contributed by atoms with Crippen LogP contribution < -0.4 is 9.47 Å². The molecular weight excluding hydrogens is 294 g/mol. The van der Waals surface area contributed by atoms with E-state index in [1.807, 2.05) is 6.07 Å². The van der Waals surface area contributed by atoms with Gasteiger partial charge in [-0.05, 0) is 55.5 Å². The van der Waals surface area contributed by atoms with Crippen molar-refractivity contribution in [2.24, 2.45) is 5.41 Å². The quantitative estimate of drug-likeness (QED) is 0.852. The summed E-state index contributed by atoms with van der Waals surface area (Å²) < 4.78 is 22.0. The zero-order valence-corrected chi connectivity index (χ0v) is 13.8. The van der Waals surface area contributed by atoms with Crippen LogP contribution in [0, 0.1) is 5.41 Å². The summed E-state index contributed by atoms with van der Waals surface area (Å²) in [6.45, 7) is 5.22. The minimum Gasteiger partial charge on any atom is -0.454 e. The lowest BCUT2D eigenvalue weighted by molar-refractivity contribution is 0.0284. The molecule has 2 saturated heterocycles. The van der Waals surface area contributed by atoms with Crippen molar-refractivity contribution < 1.29 is 18.9 Å². The fourth-order valence-corrected chi connectivity index (χ4v) is 4.02. The highest BCUT2D eigenvalue weighted by Crippen LogP contribution is 2.42. The Morgan fingerprint density at radius 2 is 2.04 bits per heavy atom. The summed E-state index contributed by atoms with van der Waals surface area (Å²) >= 11 is 0. The van der Waals surface area contributed by atoms with E-state index in [0.29, 0.717) is 18.3 Å². The molecule has 2 fully saturated rings. The van der Waals surface area contributed by atoms with Crippen molar-refractivity contribution in [2.75, 3.05) is 40.2 Å². The van der Waals surface area contributed by atoms with Crippen molar-refractivity contribution in [3.8, 4) is 11.5 Å². The van der Waals surface area contributed by atoms with Crippen LogP contribution in [-0.2, 0) is 16.0 Å². The maximum absolute atomic E-state index is 5.92. The van der Waals surface area contributed by atoms with Crippen LogP contribution in [0.4, 0.5) is 0 Å². The number of piperidine rings is 1. The highest BCUT2D eigenvalue weighted by Gasteiger charge is 2.42. The molecule has 0 amide bonds. The summed E-state index contributed by atoms with van der Waals surface area (Å²) in [6.07, 6.45) is 3.88. The third kappa shape index (κ3) is 3.18. The first-order chi connectivity index (χ1) is 11.3. The van der Waals surface area contributed by atoms with Gasteiger partial charge in [-0.15, -0.1) is 0 Å². The Morgan fingerprint density at radius 3 is 2.87 bits per heavy atom. The Bertz CT molecular complexity index is 554. The number of ether oxygens (including phenoxy) is 4. The normalized spacial score (nSPS) is 26.0. The minimum absolute atomic E-state index is 0.292. The maximum Gasteiger partial charge on any atom is 0.231 e. The van der Waals surface area contributed by atoms with Gasteiger partial charge in [-0.3, -0.25) is 4.90 Å². The molecular formula is C18H25NO4. The molecule has 3 heterocycles. The van der Waals surface area contributed by atoms with Crippen molar-refractivity contribution in [2.45, 2.75) is 31.9 Å². The summed E-state index contributed by atoms with van der Waals surface area (Å²) in [7, 11) is 1.75. The number of likely N-dealkylation sites (tertiary alicyclic amines) is 1. The second kappa shape index (κ2) is 6.30. The van der Waals surface area contributed by atoms with Crippen molar-refractivity contribution in [3.05, 3.63) is 23.8 Å². The Hall–Kier alpha value is -1.30. The highest BCUT2D eigenvalue weighted by molar-refractivity contribution is 5.44. The topological polar surface area (TPSA) is 40.2 Å². The van der Waals surface area contributed by atoms with Gasteiger partial charge < -0.3 is 18.9 Å². The monoisotopic (exact) mass is 319 g/mol. The van der Waals surface area contributed by atoms with Gasteiger partial charge in [0, 0.05) is 13.7 Å². The van der Waals surface area contributed by atoms with Crippen LogP contribution >= 0.6 is 0 Å². The predicted molar refractivity (Wildman–Crippen MR) is 85.7 cm³/mol. The standard InChI is InChI=1S/C18H25NO4/c1-20-11-15-9-18(12-21-15)4-6-19(7-5-18)10-14-2-3-16-17(8-14)23-13-22-16/h2-3,8,15H,4-7,9-13H2,1H3/t15-/m0/s1. The SMILES string of the molecule is COC[C@@H]1CC2(CCN(Cc3ccc4c(c3)OCO4)CC2)CO1. The number of benzene rings is 1. The van der Waals surface area contributed by atoms with Gasteiger partial charge in [0.25, 0.3) is 0 Å². The van der Waals surface area contributed by atoms with Crippen LogP contribution in [0.2, 0.25) is 0 Å². The van der Waals surface area contributed by atoms with E-state index >= 15 is 0 Å². The molecule has 4 rings (SSSR count). The largest absolute Gasteiger partial charge is 0.454 e. The van der Waals surface area contributed by atoms with E-state index in [2.05, 4.69) is 17.0 Å². The lowest BCUT2D eigenvalue weighted by Gasteiger charge is -2.38. The van der Waals surface area contributed by atoms with Gasteiger partial charge in [0.1, 0.15) is 0 Å². The lowest BCUT2D eigenvalue weighted by Crippen LogP contribution is -2.40. The van der Waals surface area contributed by atoms with Crippen molar-refractivity contribution in [1.29, 1.82) is 0 Å². The lowest BCUT2D eigenvalue weighted by atomic mass is 9.76. The summed E-state index contributed by atoms with van der Waals surface area (Å²) in [5, 5.41) is 0. The average molecular weight is 319 g/mol. The number of hydrogen-bond acceptors (Lipinski definition) is 5. The Morgan fingerprint density at radius 1 is 1.22 bits per heavy atom. The van der Waals surface area contributed by atoms with Gasteiger partial charge in [0.2, 0.25) is 6.79 Å². The number of hydrogen-bond donors (Lipinski definition) is 0. The summed E-state index contributed by atoms with van der Waals surface area (Å²) in [6, 6.07) is 6.27. The van der Waals surface area contributed by atoms with Gasteiger partial charge >= 0.3 is 0 Å². The van der Waals surface area contributed by atoms with Crippen molar-refractivity contribution in [1.82, 2.24) is 4.90 Å². The van der Waals surface area contributed by atoms with Crippen LogP contribution in [0.25, 0.3) is 0 Å². The zero-order valence-electron chi connectivity index (χ0n) is 13.8. The van der Waals surface area contributed by atoms with Gasteiger partial charge in [0.05, 0.1) is 19.3 Å². The molecule has 5 nitrogen and oxygen atoms in total. The molecule has 126 valence electrons. The first-order valence-electron chi connectivity index (χ1n) is 8.48. The predicted octanol–water partition coefficient (Wildman–Crippen LogP) is 2.43. The molecule has 0 unspecified atom stereocenters. The fraction of sp³-hybridized carbons (Fsp3) is 0.667. The summed E-state index contributed by atoms with van der Waals surface area (Å²) in [5.74, 6) is 1.74. The molecule has 3 aliphatic rings. The molecule has 1 aromatic rings. The first-order valence-corrected chi connectivity index (χ1v) is 8.48. The fourth-order valence-electron chi connectivity index (χ4n) is 4.02. The second-order valence-corrected chi connectivity index (χ2v) is 7.06. The van der Waals surface area contributed by atoms with Gasteiger partial charge in [-0.1, -0.05) is 6.07 Å². The van der Waals surface area contributed by atoms with E-state index in [0.717, 1.165) is 50.8 Å². The molecule has 1 aromatic carbocycles. The molecule has 1 spiro atoms. The molecule has 0 bridgehead atoms. The number of fused-ring (bicyclic) bond motifs is 1. The van der Waals surface area contributed by atoms with Crippen molar-refractivity contribution in [3.63, 3.8) is 0 Å². The molecule has 23 heavy (non-hydrogen) atoms. The second-order valence-electron chi connectivity index (χ2n) is 7.06. The average Bonchev–Trinajstić information content (AvgIpc) is 3.17. The van der Waals surface area contributed by atoms with Crippen LogP contribution in [0.1, 0.15) is 24.8 Å². The van der Waals surface area contributed by atoms with E-state index in [1.54, 1.807) is 7.11 Å². The summed E-state index contributed by atoms with van der Waals surface area (Å²) in [5.41, 5.74) is 1.68. The van der Waals surface area contributed by atoms with Crippen LogP contribution in [0.3, 0.4) is 0 Å². The van der Waals surface area contributed by atoms with Crippen molar-refractivity contribution >= 4 is 0 Å².